The van der Waals surface area contributed by atoms with Crippen LogP contribution < -0.4 is 0 Å². The first-order valence-electron chi connectivity index (χ1n) is 9.97. The molecule has 152 valence electrons. The van der Waals surface area contributed by atoms with E-state index in [1.54, 1.807) is 5.06 Å². The molecule has 0 unspecified atom stereocenters. The molecule has 2 atom stereocenters. The second kappa shape index (κ2) is 7.71. The van der Waals surface area contributed by atoms with Crippen LogP contribution in [0.1, 0.15) is 37.4 Å². The van der Waals surface area contributed by atoms with E-state index in [1.807, 2.05) is 86.6 Å². The molecular weight excluding hydrogens is 366 g/mol. The number of nitrogens with zero attached hydrogens (tertiary/aromatic N) is 3. The van der Waals surface area contributed by atoms with Gasteiger partial charge in [-0.25, -0.2) is 10.0 Å². The SMILES string of the molecule is CN1OC[C@H](C(=O)N2C(=O)CC(C)(C)N2Cc2ccccc2)[C@@H]1c1ccccc1. The number of hydroxylamine groups is 2. The van der Waals surface area contributed by atoms with Gasteiger partial charge in [0.25, 0.3) is 5.91 Å². The second-order valence-corrected chi connectivity index (χ2v) is 8.38. The standard InChI is InChI=1S/C23H27N3O3/c1-23(2)14-20(27)26(25(23)15-17-10-6-4-7-11-17)22(28)19-16-29-24(3)21(19)18-12-8-5-9-13-18/h4-13,19,21H,14-16H2,1-3H3/t19-,21-/m0/s1. The third-order valence-electron chi connectivity index (χ3n) is 5.83. The van der Waals surface area contributed by atoms with Gasteiger partial charge < -0.3 is 0 Å². The number of hydrazine groups is 1. The van der Waals surface area contributed by atoms with E-state index in [0.717, 1.165) is 11.1 Å². The Morgan fingerprint density at radius 1 is 1.07 bits per heavy atom. The molecule has 4 rings (SSSR count). The maximum atomic E-state index is 13.6. The third-order valence-corrected chi connectivity index (χ3v) is 5.83. The molecule has 2 amide bonds. The van der Waals surface area contributed by atoms with E-state index >= 15 is 0 Å². The fourth-order valence-corrected chi connectivity index (χ4v) is 4.30. The van der Waals surface area contributed by atoms with Crippen molar-refractivity contribution in [3.05, 3.63) is 71.8 Å². The van der Waals surface area contributed by atoms with E-state index in [0.29, 0.717) is 13.0 Å². The Kier molecular flexibility index (Phi) is 5.25. The van der Waals surface area contributed by atoms with Crippen molar-refractivity contribution in [1.29, 1.82) is 0 Å². The minimum absolute atomic E-state index is 0.155. The van der Waals surface area contributed by atoms with Gasteiger partial charge in [0.2, 0.25) is 5.91 Å². The third kappa shape index (κ3) is 3.71. The van der Waals surface area contributed by atoms with Gasteiger partial charge in [-0.15, -0.1) is 0 Å². The zero-order valence-corrected chi connectivity index (χ0v) is 17.1. The van der Waals surface area contributed by atoms with Gasteiger partial charge in [0, 0.05) is 25.6 Å². The number of hydrogen-bond donors (Lipinski definition) is 0. The van der Waals surface area contributed by atoms with Crippen LogP contribution >= 0.6 is 0 Å². The Bertz CT molecular complexity index is 885. The maximum absolute atomic E-state index is 13.6. The predicted octanol–water partition coefficient (Wildman–Crippen LogP) is 3.18. The van der Waals surface area contributed by atoms with Crippen LogP contribution in [0.25, 0.3) is 0 Å². The number of rotatable bonds is 4. The quantitative estimate of drug-likeness (QED) is 0.747. The summed E-state index contributed by atoms with van der Waals surface area (Å²) in [4.78, 5) is 32.3. The molecule has 0 N–H and O–H groups in total. The van der Waals surface area contributed by atoms with E-state index < -0.39 is 11.5 Å². The van der Waals surface area contributed by atoms with Gasteiger partial charge in [-0.1, -0.05) is 60.7 Å². The van der Waals surface area contributed by atoms with Crippen molar-refractivity contribution in [2.75, 3.05) is 13.7 Å². The number of carbonyl (C=O) groups is 2. The average molecular weight is 393 g/mol. The first kappa shape index (κ1) is 19.8. The highest BCUT2D eigenvalue weighted by Gasteiger charge is 2.51. The van der Waals surface area contributed by atoms with Gasteiger partial charge in [-0.2, -0.15) is 5.06 Å². The molecular formula is C23H27N3O3. The normalized spacial score (nSPS) is 24.9. The lowest BCUT2D eigenvalue weighted by molar-refractivity contribution is -0.164. The number of hydrogen-bond acceptors (Lipinski definition) is 5. The molecule has 2 aliphatic heterocycles. The van der Waals surface area contributed by atoms with Crippen LogP contribution in [0.4, 0.5) is 0 Å². The van der Waals surface area contributed by atoms with Crippen LogP contribution in [0.15, 0.2) is 60.7 Å². The van der Waals surface area contributed by atoms with Crippen molar-refractivity contribution in [2.24, 2.45) is 5.92 Å². The van der Waals surface area contributed by atoms with Gasteiger partial charge in [0.15, 0.2) is 0 Å². The number of amides is 2. The van der Waals surface area contributed by atoms with Gasteiger partial charge in [0.05, 0.1) is 18.6 Å². The van der Waals surface area contributed by atoms with E-state index in [4.69, 9.17) is 4.84 Å². The summed E-state index contributed by atoms with van der Waals surface area (Å²) in [5.74, 6) is -0.800. The number of carbonyl (C=O) groups excluding carboxylic acids is 2. The van der Waals surface area contributed by atoms with Crippen molar-refractivity contribution in [3.63, 3.8) is 0 Å². The van der Waals surface area contributed by atoms with Crippen LogP contribution in [0.3, 0.4) is 0 Å². The van der Waals surface area contributed by atoms with Gasteiger partial charge in [0.1, 0.15) is 0 Å². The predicted molar refractivity (Wildman–Crippen MR) is 109 cm³/mol. The fourth-order valence-electron chi connectivity index (χ4n) is 4.30. The van der Waals surface area contributed by atoms with Crippen LogP contribution in [0.2, 0.25) is 0 Å². The molecule has 6 nitrogen and oxygen atoms in total. The lowest BCUT2D eigenvalue weighted by Crippen LogP contribution is -2.52. The zero-order chi connectivity index (χ0) is 20.6. The number of benzene rings is 2. The minimum Gasteiger partial charge on any atom is -0.298 e. The summed E-state index contributed by atoms with van der Waals surface area (Å²) in [5, 5.41) is 5.01. The number of imide groups is 1. The molecule has 6 heteroatoms. The molecule has 2 saturated heterocycles. The Balaban J connectivity index is 1.64. The molecule has 2 heterocycles. The molecule has 2 fully saturated rings. The zero-order valence-electron chi connectivity index (χ0n) is 17.1. The molecule has 2 aliphatic rings. The lowest BCUT2D eigenvalue weighted by Gasteiger charge is -2.36. The first-order valence-corrected chi connectivity index (χ1v) is 9.97. The topological polar surface area (TPSA) is 53.1 Å². The average Bonchev–Trinajstić information content (AvgIpc) is 3.19. The smallest absolute Gasteiger partial charge is 0.251 e. The van der Waals surface area contributed by atoms with E-state index in [-0.39, 0.29) is 24.5 Å². The van der Waals surface area contributed by atoms with E-state index in [2.05, 4.69) is 0 Å². The summed E-state index contributed by atoms with van der Waals surface area (Å²) >= 11 is 0. The van der Waals surface area contributed by atoms with Crippen LogP contribution in [-0.4, -0.2) is 46.1 Å². The van der Waals surface area contributed by atoms with Crippen LogP contribution in [-0.2, 0) is 21.0 Å². The van der Waals surface area contributed by atoms with Crippen LogP contribution in [0.5, 0.6) is 0 Å². The highest BCUT2D eigenvalue weighted by Crippen LogP contribution is 2.39. The summed E-state index contributed by atoms with van der Waals surface area (Å²) in [7, 11) is 1.84. The van der Waals surface area contributed by atoms with Crippen molar-refractivity contribution in [3.8, 4) is 0 Å². The molecule has 2 aromatic rings. The van der Waals surface area contributed by atoms with Gasteiger partial charge in [-0.05, 0) is 25.0 Å². The van der Waals surface area contributed by atoms with Gasteiger partial charge >= 0.3 is 0 Å². The summed E-state index contributed by atoms with van der Waals surface area (Å²) < 4.78 is 0. The van der Waals surface area contributed by atoms with Crippen molar-refractivity contribution >= 4 is 11.8 Å². The summed E-state index contributed by atoms with van der Waals surface area (Å²) in [6.45, 7) is 4.78. The maximum Gasteiger partial charge on any atom is 0.251 e. The van der Waals surface area contributed by atoms with Gasteiger partial charge in [-0.3, -0.25) is 14.4 Å². The Morgan fingerprint density at radius 3 is 2.34 bits per heavy atom. The minimum atomic E-state index is -0.446. The highest BCUT2D eigenvalue weighted by atomic mass is 16.7. The molecule has 29 heavy (non-hydrogen) atoms. The fraction of sp³-hybridized carbons (Fsp3) is 0.391. The highest BCUT2D eigenvalue weighted by molar-refractivity contribution is 5.98. The largest absolute Gasteiger partial charge is 0.298 e. The lowest BCUT2D eigenvalue weighted by atomic mass is 9.93. The summed E-state index contributed by atoms with van der Waals surface area (Å²) in [6.07, 6.45) is 0.311. The van der Waals surface area contributed by atoms with E-state index in [9.17, 15) is 9.59 Å². The first-order chi connectivity index (χ1) is 13.9. The molecule has 0 bridgehead atoms. The molecule has 0 aromatic heterocycles. The molecule has 0 radical (unpaired) electrons. The van der Waals surface area contributed by atoms with Crippen molar-refractivity contribution < 1.29 is 14.4 Å². The van der Waals surface area contributed by atoms with Crippen molar-refractivity contribution in [1.82, 2.24) is 15.1 Å². The molecule has 0 aliphatic carbocycles. The molecule has 0 saturated carbocycles. The second-order valence-electron chi connectivity index (χ2n) is 8.38. The molecule has 0 spiro atoms. The Hall–Kier alpha value is -2.54. The summed E-state index contributed by atoms with van der Waals surface area (Å²) in [5.41, 5.74) is 1.63. The Morgan fingerprint density at radius 2 is 1.69 bits per heavy atom. The monoisotopic (exact) mass is 393 g/mol. The Labute approximate surface area is 171 Å². The van der Waals surface area contributed by atoms with Crippen molar-refractivity contribution in [2.45, 2.75) is 38.4 Å². The molecule has 2 aromatic carbocycles. The summed E-state index contributed by atoms with van der Waals surface area (Å²) in [6, 6.07) is 19.5. The van der Waals surface area contributed by atoms with E-state index in [1.165, 1.54) is 5.01 Å². The van der Waals surface area contributed by atoms with Crippen LogP contribution in [0, 0.1) is 5.92 Å².